The summed E-state index contributed by atoms with van der Waals surface area (Å²) in [5.41, 5.74) is 0.995. The third kappa shape index (κ3) is 5.76. The zero-order chi connectivity index (χ0) is 21.3. The summed E-state index contributed by atoms with van der Waals surface area (Å²) in [6.07, 6.45) is 0.400. The number of aliphatic imine (C=N–C) groups is 1. The van der Waals surface area contributed by atoms with Gasteiger partial charge in [-0.2, -0.15) is 4.99 Å². The van der Waals surface area contributed by atoms with E-state index in [-0.39, 0.29) is 12.3 Å². The number of carbonyl (C=O) groups is 2. The zero-order valence-electron chi connectivity index (χ0n) is 17.0. The fraction of sp³-hybridized carbons (Fsp3) is 0.318. The third-order valence-corrected chi connectivity index (χ3v) is 5.39. The van der Waals surface area contributed by atoms with Gasteiger partial charge >= 0.3 is 0 Å². The number of hydrogen-bond donors (Lipinski definition) is 0. The summed E-state index contributed by atoms with van der Waals surface area (Å²) >= 11 is 1.35. The van der Waals surface area contributed by atoms with Crippen molar-refractivity contribution in [3.8, 4) is 17.2 Å². The predicted octanol–water partition coefficient (Wildman–Crippen LogP) is 3.17. The maximum Gasteiger partial charge on any atom is 0.257 e. The number of hydrogen-bond acceptors (Lipinski definition) is 6. The van der Waals surface area contributed by atoms with Gasteiger partial charge in [-0.1, -0.05) is 36.0 Å². The summed E-state index contributed by atoms with van der Waals surface area (Å²) in [5.74, 6) is 1.99. The molecule has 0 bridgehead atoms. The first kappa shape index (κ1) is 21.7. The lowest BCUT2D eigenvalue weighted by molar-refractivity contribution is -0.133. The number of ether oxygens (including phenoxy) is 3. The molecule has 0 spiro atoms. The summed E-state index contributed by atoms with van der Waals surface area (Å²) in [4.78, 5) is 29.9. The van der Waals surface area contributed by atoms with Gasteiger partial charge in [0.1, 0.15) is 12.2 Å². The molecule has 0 saturated carbocycles. The molecule has 0 saturated heterocycles. The van der Waals surface area contributed by atoms with Crippen molar-refractivity contribution >= 4 is 28.7 Å². The summed E-state index contributed by atoms with van der Waals surface area (Å²) in [6, 6.07) is 15.1. The van der Waals surface area contributed by atoms with E-state index in [1.807, 2.05) is 48.5 Å². The van der Waals surface area contributed by atoms with Crippen molar-refractivity contribution in [3.05, 3.63) is 54.1 Å². The standard InChI is InChI=1S/C22H24N2O5S/c1-27-18-9-8-16(14-19(18)28-2)10-11-24-21(26)15-20(25)23-22(24)30-13-12-29-17-6-4-3-5-7-17/h3-9,14H,10-13,15H2,1-2H3. The molecular formula is C22H24N2O5S. The first-order valence-corrected chi connectivity index (χ1v) is 10.5. The Hall–Kier alpha value is -3.00. The van der Waals surface area contributed by atoms with Gasteiger partial charge in [0.25, 0.3) is 5.91 Å². The van der Waals surface area contributed by atoms with E-state index < -0.39 is 5.91 Å². The summed E-state index contributed by atoms with van der Waals surface area (Å²) in [7, 11) is 3.17. The van der Waals surface area contributed by atoms with Gasteiger partial charge < -0.3 is 14.2 Å². The number of benzene rings is 2. The van der Waals surface area contributed by atoms with Gasteiger partial charge in [-0.3, -0.25) is 14.5 Å². The predicted molar refractivity (Wildman–Crippen MR) is 116 cm³/mol. The minimum absolute atomic E-state index is 0.198. The van der Waals surface area contributed by atoms with E-state index in [1.54, 1.807) is 19.1 Å². The molecule has 1 aliphatic rings. The van der Waals surface area contributed by atoms with Gasteiger partial charge in [-0.25, -0.2) is 0 Å². The number of amidine groups is 1. The number of rotatable bonds is 9. The summed E-state index contributed by atoms with van der Waals surface area (Å²) in [5, 5.41) is 0.424. The van der Waals surface area contributed by atoms with Crippen molar-refractivity contribution in [2.45, 2.75) is 12.8 Å². The van der Waals surface area contributed by atoms with Gasteiger partial charge in [0.2, 0.25) is 5.91 Å². The first-order valence-electron chi connectivity index (χ1n) is 9.54. The summed E-state index contributed by atoms with van der Waals surface area (Å²) < 4.78 is 16.3. The molecule has 0 atom stereocenters. The number of amides is 2. The van der Waals surface area contributed by atoms with E-state index in [9.17, 15) is 9.59 Å². The van der Waals surface area contributed by atoms with Gasteiger partial charge in [-0.15, -0.1) is 0 Å². The smallest absolute Gasteiger partial charge is 0.257 e. The maximum absolute atomic E-state index is 12.4. The molecule has 8 heteroatoms. The van der Waals surface area contributed by atoms with E-state index in [2.05, 4.69) is 4.99 Å². The van der Waals surface area contributed by atoms with Gasteiger partial charge in [0.15, 0.2) is 16.7 Å². The lowest BCUT2D eigenvalue weighted by atomic mass is 10.1. The average molecular weight is 429 g/mol. The number of nitrogens with zero attached hydrogens (tertiary/aromatic N) is 2. The number of methoxy groups -OCH3 is 2. The van der Waals surface area contributed by atoms with Crippen molar-refractivity contribution in [3.63, 3.8) is 0 Å². The molecular weight excluding hydrogens is 404 g/mol. The molecule has 0 N–H and O–H groups in total. The van der Waals surface area contributed by atoms with Crippen LogP contribution in [0.15, 0.2) is 53.5 Å². The van der Waals surface area contributed by atoms with E-state index in [0.29, 0.717) is 42.0 Å². The van der Waals surface area contributed by atoms with Crippen molar-refractivity contribution in [1.82, 2.24) is 4.90 Å². The highest BCUT2D eigenvalue weighted by molar-refractivity contribution is 8.13. The Morgan fingerprint density at radius 3 is 2.53 bits per heavy atom. The lowest BCUT2D eigenvalue weighted by Gasteiger charge is -2.26. The van der Waals surface area contributed by atoms with Crippen LogP contribution in [0.25, 0.3) is 0 Å². The third-order valence-electron chi connectivity index (χ3n) is 4.45. The van der Waals surface area contributed by atoms with E-state index in [0.717, 1.165) is 11.3 Å². The largest absolute Gasteiger partial charge is 0.493 e. The zero-order valence-corrected chi connectivity index (χ0v) is 17.8. The molecule has 2 aromatic carbocycles. The quantitative estimate of drug-likeness (QED) is 0.451. The summed E-state index contributed by atoms with van der Waals surface area (Å²) in [6.45, 7) is 0.868. The highest BCUT2D eigenvalue weighted by Gasteiger charge is 2.27. The minimum atomic E-state index is -0.408. The number of thioether (sulfide) groups is 1. The van der Waals surface area contributed by atoms with Gasteiger partial charge in [0, 0.05) is 12.3 Å². The second kappa shape index (κ2) is 10.7. The monoisotopic (exact) mass is 428 g/mol. The molecule has 0 fully saturated rings. The van der Waals surface area contributed by atoms with Crippen LogP contribution in [0.1, 0.15) is 12.0 Å². The van der Waals surface area contributed by atoms with Crippen LogP contribution < -0.4 is 14.2 Å². The van der Waals surface area contributed by atoms with Crippen LogP contribution in [0.2, 0.25) is 0 Å². The minimum Gasteiger partial charge on any atom is -0.493 e. The molecule has 0 radical (unpaired) electrons. The molecule has 30 heavy (non-hydrogen) atoms. The van der Waals surface area contributed by atoms with Gasteiger partial charge in [0.05, 0.1) is 20.8 Å². The van der Waals surface area contributed by atoms with Crippen LogP contribution in [0.5, 0.6) is 17.2 Å². The molecule has 0 aromatic heterocycles. The molecule has 1 heterocycles. The Kier molecular flexibility index (Phi) is 7.73. The average Bonchev–Trinajstić information content (AvgIpc) is 2.76. The normalized spacial score (nSPS) is 13.8. The maximum atomic E-state index is 12.4. The van der Waals surface area contributed by atoms with Crippen molar-refractivity contribution in [2.75, 3.05) is 33.1 Å². The Bertz CT molecular complexity index is 917. The topological polar surface area (TPSA) is 77.4 Å². The van der Waals surface area contributed by atoms with E-state index in [4.69, 9.17) is 14.2 Å². The Morgan fingerprint density at radius 2 is 1.80 bits per heavy atom. The molecule has 0 unspecified atom stereocenters. The Morgan fingerprint density at radius 1 is 1.03 bits per heavy atom. The molecule has 2 aromatic rings. The van der Waals surface area contributed by atoms with Crippen LogP contribution in [0.4, 0.5) is 0 Å². The van der Waals surface area contributed by atoms with Crippen molar-refractivity contribution in [2.24, 2.45) is 4.99 Å². The van der Waals surface area contributed by atoms with Crippen LogP contribution in [-0.2, 0) is 16.0 Å². The fourth-order valence-electron chi connectivity index (χ4n) is 2.95. The highest BCUT2D eigenvalue weighted by Crippen LogP contribution is 2.28. The van der Waals surface area contributed by atoms with Crippen LogP contribution in [0.3, 0.4) is 0 Å². The Balaban J connectivity index is 1.59. The number of carbonyl (C=O) groups excluding carboxylic acids is 2. The van der Waals surface area contributed by atoms with E-state index in [1.165, 1.54) is 11.8 Å². The fourth-order valence-corrected chi connectivity index (χ4v) is 3.82. The van der Waals surface area contributed by atoms with Crippen LogP contribution >= 0.6 is 11.8 Å². The lowest BCUT2D eigenvalue weighted by Crippen LogP contribution is -2.41. The molecule has 158 valence electrons. The Labute approximate surface area is 180 Å². The molecule has 2 amide bonds. The van der Waals surface area contributed by atoms with Crippen LogP contribution in [-0.4, -0.2) is 55.0 Å². The molecule has 7 nitrogen and oxygen atoms in total. The van der Waals surface area contributed by atoms with Crippen molar-refractivity contribution in [1.29, 1.82) is 0 Å². The second-order valence-corrected chi connectivity index (χ2v) is 7.52. The molecule has 1 aliphatic heterocycles. The van der Waals surface area contributed by atoms with Gasteiger partial charge in [-0.05, 0) is 36.2 Å². The SMILES string of the molecule is COc1ccc(CCN2C(=O)CC(=O)N=C2SCCOc2ccccc2)cc1OC. The van der Waals surface area contributed by atoms with E-state index >= 15 is 0 Å². The second-order valence-electron chi connectivity index (χ2n) is 6.46. The number of para-hydroxylation sites is 1. The molecule has 0 aliphatic carbocycles. The molecule has 3 rings (SSSR count). The van der Waals surface area contributed by atoms with Crippen LogP contribution in [0, 0.1) is 0 Å². The first-order chi connectivity index (χ1) is 14.6. The van der Waals surface area contributed by atoms with Crippen molar-refractivity contribution < 1.29 is 23.8 Å². The highest BCUT2D eigenvalue weighted by atomic mass is 32.2.